The Morgan fingerprint density at radius 1 is 1.45 bits per heavy atom. The number of carbonyl (C=O) groups is 1. The van der Waals surface area contributed by atoms with Gasteiger partial charge in [-0.05, 0) is 25.0 Å². The highest BCUT2D eigenvalue weighted by Crippen LogP contribution is 2.23. The number of pyridine rings is 1. The van der Waals surface area contributed by atoms with E-state index in [0.29, 0.717) is 5.82 Å². The van der Waals surface area contributed by atoms with Crippen molar-refractivity contribution in [2.24, 2.45) is 0 Å². The zero-order valence-corrected chi connectivity index (χ0v) is 11.5. The Hall–Kier alpha value is -2.36. The zero-order chi connectivity index (χ0) is 14.5. The van der Waals surface area contributed by atoms with Gasteiger partial charge in [0.15, 0.2) is 0 Å². The molecular formula is C16H18N2O2. The molecule has 0 bridgehead atoms. The Morgan fingerprint density at radius 3 is 2.90 bits per heavy atom. The Labute approximate surface area is 118 Å². The highest BCUT2D eigenvalue weighted by Gasteiger charge is 2.16. The number of hydrogen-bond donors (Lipinski definition) is 1. The predicted molar refractivity (Wildman–Crippen MR) is 81.4 cm³/mol. The molecule has 0 unspecified atom stereocenters. The largest absolute Gasteiger partial charge is 0.478 e. The normalized spacial score (nSPS) is 10.4. The molecular weight excluding hydrogens is 252 g/mol. The third-order valence-corrected chi connectivity index (χ3v) is 3.20. The highest BCUT2D eigenvalue weighted by atomic mass is 16.4. The fourth-order valence-corrected chi connectivity index (χ4v) is 2.13. The van der Waals surface area contributed by atoms with Gasteiger partial charge in [-0.3, -0.25) is 0 Å². The Bertz CT molecular complexity index is 637. The molecule has 1 heterocycles. The molecule has 20 heavy (non-hydrogen) atoms. The van der Waals surface area contributed by atoms with Crippen LogP contribution in [0.5, 0.6) is 0 Å². The number of para-hydroxylation sites is 1. The lowest BCUT2D eigenvalue weighted by molar-refractivity contribution is 0.0697. The molecule has 0 radical (unpaired) electrons. The molecule has 2 rings (SSSR count). The van der Waals surface area contributed by atoms with Crippen molar-refractivity contribution < 1.29 is 9.90 Å². The maximum atomic E-state index is 11.4. The van der Waals surface area contributed by atoms with E-state index < -0.39 is 5.97 Å². The van der Waals surface area contributed by atoms with E-state index >= 15 is 0 Å². The fourth-order valence-electron chi connectivity index (χ4n) is 2.13. The summed E-state index contributed by atoms with van der Waals surface area (Å²) in [5.74, 6) is -0.436. The second-order valence-electron chi connectivity index (χ2n) is 4.71. The first-order valence-electron chi connectivity index (χ1n) is 6.58. The van der Waals surface area contributed by atoms with Crippen LogP contribution in [0.3, 0.4) is 0 Å². The summed E-state index contributed by atoms with van der Waals surface area (Å²) in [6.07, 6.45) is 3.69. The summed E-state index contributed by atoms with van der Waals surface area (Å²) in [6.45, 7) is 4.44. The molecule has 1 aromatic heterocycles. The van der Waals surface area contributed by atoms with E-state index in [4.69, 9.17) is 0 Å². The monoisotopic (exact) mass is 270 g/mol. The van der Waals surface area contributed by atoms with Crippen molar-refractivity contribution in [3.8, 4) is 0 Å². The van der Waals surface area contributed by atoms with Gasteiger partial charge in [0.2, 0.25) is 0 Å². The smallest absolute Gasteiger partial charge is 0.339 e. The van der Waals surface area contributed by atoms with E-state index in [-0.39, 0.29) is 5.56 Å². The van der Waals surface area contributed by atoms with Crippen molar-refractivity contribution in [1.82, 2.24) is 4.98 Å². The van der Waals surface area contributed by atoms with E-state index in [1.54, 1.807) is 6.07 Å². The lowest BCUT2D eigenvalue weighted by Crippen LogP contribution is -2.22. The molecule has 0 atom stereocenters. The number of aromatic carboxylic acids is 1. The van der Waals surface area contributed by atoms with Gasteiger partial charge < -0.3 is 10.0 Å². The topological polar surface area (TPSA) is 53.4 Å². The van der Waals surface area contributed by atoms with Gasteiger partial charge in [0.25, 0.3) is 0 Å². The first-order valence-corrected chi connectivity index (χ1v) is 6.58. The maximum absolute atomic E-state index is 11.4. The van der Waals surface area contributed by atoms with Gasteiger partial charge in [-0.1, -0.05) is 24.3 Å². The predicted octanol–water partition coefficient (Wildman–Crippen LogP) is 3.34. The summed E-state index contributed by atoms with van der Waals surface area (Å²) in [7, 11) is 1.87. The molecule has 0 aliphatic heterocycles. The molecule has 4 nitrogen and oxygen atoms in total. The van der Waals surface area contributed by atoms with Crippen molar-refractivity contribution in [2.75, 3.05) is 18.5 Å². The molecule has 1 N–H and O–H groups in total. The van der Waals surface area contributed by atoms with Gasteiger partial charge >= 0.3 is 5.97 Å². The SMILES string of the molecule is C=CCCCN(C)c1nc2ccccc2cc1C(=O)O. The van der Waals surface area contributed by atoms with Crippen molar-refractivity contribution in [1.29, 1.82) is 0 Å². The molecule has 0 amide bonds. The summed E-state index contributed by atoms with van der Waals surface area (Å²) >= 11 is 0. The second kappa shape index (κ2) is 6.19. The number of allylic oxidation sites excluding steroid dienone is 1. The first-order chi connectivity index (χ1) is 9.63. The van der Waals surface area contributed by atoms with Crippen LogP contribution in [0.4, 0.5) is 5.82 Å². The standard InChI is InChI=1S/C16H18N2O2/c1-3-4-7-10-18(2)15-13(16(19)20)11-12-8-5-6-9-14(12)17-15/h3,5-6,8-9,11H,1,4,7,10H2,2H3,(H,19,20). The van der Waals surface area contributed by atoms with Crippen LogP contribution in [0.1, 0.15) is 23.2 Å². The molecule has 0 saturated carbocycles. The fraction of sp³-hybridized carbons (Fsp3) is 0.250. The van der Waals surface area contributed by atoms with Crippen molar-refractivity contribution in [3.63, 3.8) is 0 Å². The molecule has 0 fully saturated rings. The number of rotatable bonds is 6. The van der Waals surface area contributed by atoms with Gasteiger partial charge in [0, 0.05) is 19.0 Å². The van der Waals surface area contributed by atoms with Crippen LogP contribution < -0.4 is 4.90 Å². The zero-order valence-electron chi connectivity index (χ0n) is 11.5. The number of carboxylic acid groups (broad SMARTS) is 1. The number of nitrogens with zero attached hydrogens (tertiary/aromatic N) is 2. The average molecular weight is 270 g/mol. The van der Waals surface area contributed by atoms with Gasteiger partial charge in [-0.2, -0.15) is 0 Å². The van der Waals surface area contributed by atoms with Crippen LogP contribution in [-0.2, 0) is 0 Å². The maximum Gasteiger partial charge on any atom is 0.339 e. The summed E-state index contributed by atoms with van der Waals surface area (Å²) in [6, 6.07) is 9.22. The van der Waals surface area contributed by atoms with Crippen LogP contribution in [0.2, 0.25) is 0 Å². The van der Waals surface area contributed by atoms with E-state index in [9.17, 15) is 9.90 Å². The van der Waals surface area contributed by atoms with Crippen LogP contribution >= 0.6 is 0 Å². The number of fused-ring (bicyclic) bond motifs is 1. The van der Waals surface area contributed by atoms with Gasteiger partial charge in [-0.25, -0.2) is 9.78 Å². The number of unbranched alkanes of at least 4 members (excludes halogenated alkanes) is 1. The summed E-state index contributed by atoms with van der Waals surface area (Å²) in [5.41, 5.74) is 1.05. The molecule has 1 aromatic carbocycles. The number of anilines is 1. The van der Waals surface area contributed by atoms with Gasteiger partial charge in [-0.15, -0.1) is 6.58 Å². The van der Waals surface area contributed by atoms with Crippen molar-refractivity contribution in [3.05, 3.63) is 48.6 Å². The summed E-state index contributed by atoms with van der Waals surface area (Å²) < 4.78 is 0. The molecule has 2 aromatic rings. The minimum atomic E-state index is -0.950. The molecule has 104 valence electrons. The molecule has 4 heteroatoms. The van der Waals surface area contributed by atoms with E-state index in [0.717, 1.165) is 30.3 Å². The number of aromatic nitrogens is 1. The number of benzene rings is 1. The quantitative estimate of drug-likeness (QED) is 0.646. The van der Waals surface area contributed by atoms with Crippen molar-refractivity contribution >= 4 is 22.7 Å². The van der Waals surface area contributed by atoms with E-state index in [1.807, 2.05) is 42.3 Å². The second-order valence-corrected chi connectivity index (χ2v) is 4.71. The van der Waals surface area contributed by atoms with Crippen LogP contribution in [-0.4, -0.2) is 29.7 Å². The Balaban J connectivity index is 2.41. The van der Waals surface area contributed by atoms with Gasteiger partial charge in [0.1, 0.15) is 11.4 Å². The summed E-state index contributed by atoms with van der Waals surface area (Å²) in [5, 5.41) is 10.2. The number of hydrogen-bond acceptors (Lipinski definition) is 3. The minimum Gasteiger partial charge on any atom is -0.478 e. The molecule has 0 saturated heterocycles. The molecule has 0 aliphatic rings. The molecule has 0 aliphatic carbocycles. The Morgan fingerprint density at radius 2 is 2.20 bits per heavy atom. The Kier molecular flexibility index (Phi) is 4.35. The third-order valence-electron chi connectivity index (χ3n) is 3.20. The highest BCUT2D eigenvalue weighted by molar-refractivity contribution is 5.98. The average Bonchev–Trinajstić information content (AvgIpc) is 2.46. The minimum absolute atomic E-state index is 0.241. The molecule has 0 spiro atoms. The van der Waals surface area contributed by atoms with E-state index in [2.05, 4.69) is 11.6 Å². The van der Waals surface area contributed by atoms with E-state index in [1.165, 1.54) is 0 Å². The van der Waals surface area contributed by atoms with Crippen molar-refractivity contribution in [2.45, 2.75) is 12.8 Å². The third kappa shape index (κ3) is 2.96. The van der Waals surface area contributed by atoms with Crippen LogP contribution in [0.15, 0.2) is 43.0 Å². The lowest BCUT2D eigenvalue weighted by Gasteiger charge is -2.20. The van der Waals surface area contributed by atoms with Crippen LogP contribution in [0, 0.1) is 0 Å². The lowest BCUT2D eigenvalue weighted by atomic mass is 10.1. The first kappa shape index (κ1) is 14.1. The van der Waals surface area contributed by atoms with Crippen LogP contribution in [0.25, 0.3) is 10.9 Å². The summed E-state index contributed by atoms with van der Waals surface area (Å²) in [4.78, 5) is 17.8. The number of carboxylic acids is 1. The van der Waals surface area contributed by atoms with Gasteiger partial charge in [0.05, 0.1) is 5.52 Å².